The van der Waals surface area contributed by atoms with E-state index >= 15 is 0 Å². The molecule has 1 fully saturated rings. The summed E-state index contributed by atoms with van der Waals surface area (Å²) in [7, 11) is 0. The molecule has 0 radical (unpaired) electrons. The molecule has 5 nitrogen and oxygen atoms in total. The zero-order chi connectivity index (χ0) is 13.7. The fraction of sp³-hybridized carbons (Fsp3) is 0.429. The van der Waals surface area contributed by atoms with Crippen molar-refractivity contribution in [3.8, 4) is 0 Å². The molecule has 1 saturated heterocycles. The van der Waals surface area contributed by atoms with Crippen molar-refractivity contribution in [1.29, 1.82) is 0 Å². The Morgan fingerprint density at radius 3 is 2.42 bits per heavy atom. The van der Waals surface area contributed by atoms with Crippen LogP contribution in [0.1, 0.15) is 24.4 Å². The van der Waals surface area contributed by atoms with Gasteiger partial charge in [-0.15, -0.1) is 0 Å². The summed E-state index contributed by atoms with van der Waals surface area (Å²) < 4.78 is 0. The third-order valence-corrected chi connectivity index (χ3v) is 3.41. The first-order chi connectivity index (χ1) is 9.18. The molecule has 2 rings (SSSR count). The third-order valence-electron chi connectivity index (χ3n) is 3.41. The molecule has 19 heavy (non-hydrogen) atoms. The number of amides is 2. The second-order valence-electron chi connectivity index (χ2n) is 4.78. The van der Waals surface area contributed by atoms with E-state index in [1.165, 1.54) is 0 Å². The van der Waals surface area contributed by atoms with E-state index in [0.717, 1.165) is 31.5 Å². The number of rotatable bonds is 4. The van der Waals surface area contributed by atoms with Crippen LogP contribution in [0.4, 0.5) is 0 Å². The van der Waals surface area contributed by atoms with E-state index in [1.807, 2.05) is 18.2 Å². The van der Waals surface area contributed by atoms with E-state index in [2.05, 4.69) is 10.6 Å². The topological polar surface area (TPSA) is 84.2 Å². The first-order valence-electron chi connectivity index (χ1n) is 6.54. The van der Waals surface area contributed by atoms with Crippen molar-refractivity contribution < 1.29 is 9.59 Å². The molecular weight excluding hydrogens is 242 g/mol. The highest BCUT2D eigenvalue weighted by molar-refractivity contribution is 5.88. The Morgan fingerprint density at radius 1 is 1.21 bits per heavy atom. The maximum absolute atomic E-state index is 12.1. The molecule has 1 aromatic carbocycles. The molecule has 1 aromatic rings. The summed E-state index contributed by atoms with van der Waals surface area (Å²) in [4.78, 5) is 23.7. The highest BCUT2D eigenvalue weighted by Gasteiger charge is 2.26. The van der Waals surface area contributed by atoms with Crippen molar-refractivity contribution in [2.75, 3.05) is 13.1 Å². The second-order valence-corrected chi connectivity index (χ2v) is 4.78. The lowest BCUT2D eigenvalue weighted by molar-refractivity contribution is -0.130. The Balaban J connectivity index is 2.04. The fourth-order valence-corrected chi connectivity index (χ4v) is 2.31. The molecule has 0 bridgehead atoms. The zero-order valence-electron chi connectivity index (χ0n) is 10.8. The van der Waals surface area contributed by atoms with E-state index in [1.54, 1.807) is 12.1 Å². The van der Waals surface area contributed by atoms with Crippen LogP contribution in [0.2, 0.25) is 0 Å². The largest absolute Gasteiger partial charge is 0.368 e. The highest BCUT2D eigenvalue weighted by atomic mass is 16.2. The molecule has 0 aliphatic carbocycles. The molecule has 1 unspecified atom stereocenters. The second kappa shape index (κ2) is 6.33. The van der Waals surface area contributed by atoms with Gasteiger partial charge in [0, 0.05) is 5.92 Å². The Morgan fingerprint density at radius 2 is 1.84 bits per heavy atom. The monoisotopic (exact) mass is 261 g/mol. The van der Waals surface area contributed by atoms with Crippen LogP contribution in [0.25, 0.3) is 0 Å². The van der Waals surface area contributed by atoms with Gasteiger partial charge in [-0.1, -0.05) is 30.3 Å². The molecule has 4 N–H and O–H groups in total. The first kappa shape index (κ1) is 13.5. The molecule has 5 heteroatoms. The Kier molecular flexibility index (Phi) is 4.52. The molecule has 2 amide bonds. The van der Waals surface area contributed by atoms with Crippen LogP contribution in [0.5, 0.6) is 0 Å². The summed E-state index contributed by atoms with van der Waals surface area (Å²) in [5.74, 6) is -0.658. The number of hydrogen-bond acceptors (Lipinski definition) is 3. The Hall–Kier alpha value is -1.88. The van der Waals surface area contributed by atoms with Gasteiger partial charge in [0.15, 0.2) is 0 Å². The van der Waals surface area contributed by atoms with Crippen LogP contribution in [0.3, 0.4) is 0 Å². The van der Waals surface area contributed by atoms with E-state index in [9.17, 15) is 9.59 Å². The predicted molar refractivity (Wildman–Crippen MR) is 72.1 cm³/mol. The van der Waals surface area contributed by atoms with Gasteiger partial charge in [-0.2, -0.15) is 0 Å². The number of primary amides is 1. The zero-order valence-corrected chi connectivity index (χ0v) is 10.8. The van der Waals surface area contributed by atoms with Crippen LogP contribution in [-0.2, 0) is 9.59 Å². The average Bonchev–Trinajstić information content (AvgIpc) is 2.46. The quantitative estimate of drug-likeness (QED) is 0.730. The molecule has 1 atom stereocenters. The number of carbonyl (C=O) groups excluding carboxylic acids is 2. The van der Waals surface area contributed by atoms with Crippen LogP contribution >= 0.6 is 0 Å². The maximum atomic E-state index is 12.1. The lowest BCUT2D eigenvalue weighted by atomic mass is 9.96. The van der Waals surface area contributed by atoms with Crippen molar-refractivity contribution >= 4 is 11.8 Å². The van der Waals surface area contributed by atoms with Gasteiger partial charge in [-0.05, 0) is 31.5 Å². The smallest absolute Gasteiger partial charge is 0.244 e. The van der Waals surface area contributed by atoms with Crippen LogP contribution in [0, 0.1) is 5.92 Å². The number of carbonyl (C=O) groups is 2. The summed E-state index contributed by atoms with van der Waals surface area (Å²) in [6.45, 7) is 1.68. The van der Waals surface area contributed by atoms with E-state index in [4.69, 9.17) is 5.73 Å². The van der Waals surface area contributed by atoms with Gasteiger partial charge in [0.25, 0.3) is 0 Å². The molecule has 1 aliphatic heterocycles. The summed E-state index contributed by atoms with van der Waals surface area (Å²) >= 11 is 0. The minimum absolute atomic E-state index is 0.0354. The molecule has 0 aromatic heterocycles. The van der Waals surface area contributed by atoms with Crippen LogP contribution in [0.15, 0.2) is 30.3 Å². The van der Waals surface area contributed by atoms with Gasteiger partial charge in [0.1, 0.15) is 6.04 Å². The van der Waals surface area contributed by atoms with Crippen molar-refractivity contribution in [2.24, 2.45) is 11.7 Å². The predicted octanol–water partition coefficient (Wildman–Crippen LogP) is 0.329. The van der Waals surface area contributed by atoms with Crippen LogP contribution < -0.4 is 16.4 Å². The number of nitrogens with one attached hydrogen (secondary N) is 2. The lowest BCUT2D eigenvalue weighted by Gasteiger charge is -2.24. The summed E-state index contributed by atoms with van der Waals surface area (Å²) in [6, 6.07) is 8.33. The van der Waals surface area contributed by atoms with Gasteiger partial charge in [-0.25, -0.2) is 0 Å². The van der Waals surface area contributed by atoms with Crippen molar-refractivity contribution in [3.63, 3.8) is 0 Å². The Labute approximate surface area is 112 Å². The summed E-state index contributed by atoms with van der Waals surface area (Å²) in [5.41, 5.74) is 6.10. The molecule has 102 valence electrons. The van der Waals surface area contributed by atoms with E-state index < -0.39 is 11.9 Å². The normalized spacial score (nSPS) is 17.7. The van der Waals surface area contributed by atoms with Gasteiger partial charge < -0.3 is 16.4 Å². The van der Waals surface area contributed by atoms with E-state index in [-0.39, 0.29) is 11.8 Å². The average molecular weight is 261 g/mol. The van der Waals surface area contributed by atoms with Gasteiger partial charge >= 0.3 is 0 Å². The minimum Gasteiger partial charge on any atom is -0.368 e. The highest BCUT2D eigenvalue weighted by Crippen LogP contribution is 2.16. The SMILES string of the molecule is NC(=O)C(NC(=O)C1CCNCC1)c1ccccc1. The van der Waals surface area contributed by atoms with Gasteiger partial charge in [0.05, 0.1) is 0 Å². The summed E-state index contributed by atoms with van der Waals surface area (Å²) in [5, 5.41) is 5.97. The van der Waals surface area contributed by atoms with Crippen molar-refractivity contribution in [3.05, 3.63) is 35.9 Å². The lowest BCUT2D eigenvalue weighted by Crippen LogP contribution is -2.43. The van der Waals surface area contributed by atoms with Crippen LogP contribution in [-0.4, -0.2) is 24.9 Å². The van der Waals surface area contributed by atoms with Gasteiger partial charge in [-0.3, -0.25) is 9.59 Å². The maximum Gasteiger partial charge on any atom is 0.244 e. The van der Waals surface area contributed by atoms with Gasteiger partial charge in [0.2, 0.25) is 11.8 Å². The summed E-state index contributed by atoms with van der Waals surface area (Å²) in [6.07, 6.45) is 1.60. The standard InChI is InChI=1S/C14H19N3O2/c15-13(18)12(10-4-2-1-3-5-10)17-14(19)11-6-8-16-9-7-11/h1-5,11-12,16H,6-9H2,(H2,15,18)(H,17,19). The van der Waals surface area contributed by atoms with Crippen molar-refractivity contribution in [1.82, 2.24) is 10.6 Å². The minimum atomic E-state index is -0.747. The molecular formula is C14H19N3O2. The molecule has 1 aliphatic rings. The Bertz CT molecular complexity index is 441. The number of piperidine rings is 1. The number of hydrogen-bond donors (Lipinski definition) is 3. The number of benzene rings is 1. The van der Waals surface area contributed by atoms with Crippen molar-refractivity contribution in [2.45, 2.75) is 18.9 Å². The molecule has 1 heterocycles. The molecule has 0 spiro atoms. The number of nitrogens with two attached hydrogens (primary N) is 1. The third kappa shape index (κ3) is 3.54. The van der Waals surface area contributed by atoms with E-state index in [0.29, 0.717) is 0 Å². The fourth-order valence-electron chi connectivity index (χ4n) is 2.31. The first-order valence-corrected chi connectivity index (χ1v) is 6.54. The molecule has 0 saturated carbocycles.